The Balaban J connectivity index is 1.62. The van der Waals surface area contributed by atoms with Crippen LogP contribution in [0.4, 0.5) is 13.2 Å². The summed E-state index contributed by atoms with van der Waals surface area (Å²) in [5.41, 5.74) is 1.44. The highest BCUT2D eigenvalue weighted by Gasteiger charge is 2.25. The van der Waals surface area contributed by atoms with Crippen molar-refractivity contribution in [2.24, 2.45) is 5.92 Å². The molecule has 2 aromatic carbocycles. The lowest BCUT2D eigenvalue weighted by Crippen LogP contribution is -2.14. The molecule has 2 nitrogen and oxygen atoms in total. The number of hydrogen-bond donors (Lipinski definition) is 1. The molecule has 0 aliphatic heterocycles. The van der Waals surface area contributed by atoms with Gasteiger partial charge in [0.05, 0.1) is 13.2 Å². The zero-order chi connectivity index (χ0) is 20.1. The molecule has 0 heterocycles. The maximum atomic E-state index is 14.4. The molecule has 0 saturated heterocycles. The Kier molecular flexibility index (Phi) is 6.79. The molecular formula is C23H25F3O2. The van der Waals surface area contributed by atoms with Crippen LogP contribution in [0.25, 0.3) is 6.08 Å². The number of hydrogen-bond acceptors (Lipinski definition) is 2. The SMILES string of the molecule is CCOc1ccc(C2CCC(C=Cc3ccc(CO)cc3F)CC2)c(F)c1F. The van der Waals surface area contributed by atoms with Gasteiger partial charge in [-0.1, -0.05) is 30.4 Å². The number of halogens is 3. The maximum absolute atomic E-state index is 14.4. The number of benzene rings is 2. The van der Waals surface area contributed by atoms with E-state index < -0.39 is 11.6 Å². The van der Waals surface area contributed by atoms with Crippen molar-refractivity contribution in [2.45, 2.75) is 45.1 Å². The Morgan fingerprint density at radius 1 is 1.04 bits per heavy atom. The first kappa shape index (κ1) is 20.5. The van der Waals surface area contributed by atoms with Crippen LogP contribution in [-0.4, -0.2) is 11.7 Å². The maximum Gasteiger partial charge on any atom is 0.200 e. The van der Waals surface area contributed by atoms with Gasteiger partial charge < -0.3 is 9.84 Å². The van der Waals surface area contributed by atoms with Gasteiger partial charge in [-0.15, -0.1) is 0 Å². The van der Waals surface area contributed by atoms with E-state index in [1.165, 1.54) is 12.1 Å². The molecular weight excluding hydrogens is 365 g/mol. The Bertz CT molecular complexity index is 840. The van der Waals surface area contributed by atoms with Crippen molar-refractivity contribution in [3.8, 4) is 5.75 Å². The smallest absolute Gasteiger partial charge is 0.200 e. The molecule has 150 valence electrons. The first-order valence-corrected chi connectivity index (χ1v) is 9.71. The molecule has 1 aliphatic rings. The molecule has 5 heteroatoms. The van der Waals surface area contributed by atoms with Crippen LogP contribution in [0.1, 0.15) is 55.2 Å². The second kappa shape index (κ2) is 9.28. The van der Waals surface area contributed by atoms with Crippen LogP contribution in [0, 0.1) is 23.4 Å². The van der Waals surface area contributed by atoms with Crippen molar-refractivity contribution in [3.63, 3.8) is 0 Å². The number of aliphatic hydroxyl groups excluding tert-OH is 1. The predicted octanol–water partition coefficient (Wildman–Crippen LogP) is 5.98. The van der Waals surface area contributed by atoms with E-state index in [1.54, 1.807) is 31.2 Å². The third-order valence-electron chi connectivity index (χ3n) is 5.38. The zero-order valence-electron chi connectivity index (χ0n) is 15.9. The standard InChI is InChI=1S/C23H25F3O2/c1-2-28-21-12-11-19(22(25)23(21)26)17-7-3-15(4-8-17)5-9-18-10-6-16(14-27)13-20(18)24/h5-6,9-13,15,17,27H,2-4,7-8,14H2,1H3. The van der Waals surface area contributed by atoms with Crippen LogP contribution in [0.2, 0.25) is 0 Å². The molecule has 0 radical (unpaired) electrons. The Labute approximate surface area is 163 Å². The highest BCUT2D eigenvalue weighted by molar-refractivity contribution is 5.51. The van der Waals surface area contributed by atoms with Crippen molar-refractivity contribution in [1.29, 1.82) is 0 Å². The van der Waals surface area contributed by atoms with E-state index in [4.69, 9.17) is 9.84 Å². The van der Waals surface area contributed by atoms with Gasteiger partial charge in [-0.05, 0) is 67.7 Å². The van der Waals surface area contributed by atoms with Gasteiger partial charge in [0.2, 0.25) is 5.82 Å². The lowest BCUT2D eigenvalue weighted by atomic mass is 9.78. The summed E-state index contributed by atoms with van der Waals surface area (Å²) < 4.78 is 47.6. The van der Waals surface area contributed by atoms with E-state index >= 15 is 0 Å². The molecule has 28 heavy (non-hydrogen) atoms. The van der Waals surface area contributed by atoms with Gasteiger partial charge in [0.15, 0.2) is 11.6 Å². The minimum absolute atomic E-state index is 0.0181. The van der Waals surface area contributed by atoms with Crippen LogP contribution in [0.3, 0.4) is 0 Å². The Morgan fingerprint density at radius 2 is 1.79 bits per heavy atom. The average Bonchev–Trinajstić information content (AvgIpc) is 2.71. The average molecular weight is 390 g/mol. The molecule has 2 aromatic rings. The van der Waals surface area contributed by atoms with E-state index in [2.05, 4.69) is 0 Å². The number of ether oxygens (including phenoxy) is 1. The topological polar surface area (TPSA) is 29.5 Å². The monoisotopic (exact) mass is 390 g/mol. The quantitative estimate of drug-likeness (QED) is 0.657. The first-order chi connectivity index (χ1) is 13.5. The summed E-state index contributed by atoms with van der Waals surface area (Å²) in [4.78, 5) is 0. The molecule has 0 atom stereocenters. The second-order valence-corrected chi connectivity index (χ2v) is 7.20. The molecule has 1 N–H and O–H groups in total. The predicted molar refractivity (Wildman–Crippen MR) is 104 cm³/mol. The van der Waals surface area contributed by atoms with Gasteiger partial charge in [0.1, 0.15) is 5.82 Å². The minimum atomic E-state index is -0.914. The third-order valence-corrected chi connectivity index (χ3v) is 5.38. The van der Waals surface area contributed by atoms with Gasteiger partial charge in [0.25, 0.3) is 0 Å². The largest absolute Gasteiger partial charge is 0.491 e. The van der Waals surface area contributed by atoms with Gasteiger partial charge in [-0.2, -0.15) is 4.39 Å². The molecule has 1 fully saturated rings. The normalized spacial score (nSPS) is 19.9. The molecule has 0 spiro atoms. The molecule has 1 aliphatic carbocycles. The van der Waals surface area contributed by atoms with Crippen molar-refractivity contribution in [3.05, 3.63) is 70.5 Å². The Hall–Kier alpha value is -2.27. The summed E-state index contributed by atoms with van der Waals surface area (Å²) in [6.07, 6.45) is 6.94. The zero-order valence-corrected chi connectivity index (χ0v) is 15.9. The van der Waals surface area contributed by atoms with E-state index in [0.29, 0.717) is 16.7 Å². The summed E-state index contributed by atoms with van der Waals surface area (Å²) in [7, 11) is 0. The Morgan fingerprint density at radius 3 is 2.43 bits per heavy atom. The highest BCUT2D eigenvalue weighted by atomic mass is 19.2. The van der Waals surface area contributed by atoms with Crippen molar-refractivity contribution < 1.29 is 23.0 Å². The summed E-state index contributed by atoms with van der Waals surface area (Å²) in [6, 6.07) is 7.81. The van der Waals surface area contributed by atoms with E-state index in [-0.39, 0.29) is 36.6 Å². The molecule has 1 saturated carbocycles. The van der Waals surface area contributed by atoms with Gasteiger partial charge >= 0.3 is 0 Å². The van der Waals surface area contributed by atoms with Crippen LogP contribution in [0.15, 0.2) is 36.4 Å². The van der Waals surface area contributed by atoms with Crippen molar-refractivity contribution >= 4 is 6.08 Å². The fraction of sp³-hybridized carbons (Fsp3) is 0.391. The van der Waals surface area contributed by atoms with Crippen LogP contribution >= 0.6 is 0 Å². The van der Waals surface area contributed by atoms with Gasteiger partial charge in [-0.3, -0.25) is 0 Å². The van der Waals surface area contributed by atoms with Crippen molar-refractivity contribution in [1.82, 2.24) is 0 Å². The fourth-order valence-electron chi connectivity index (χ4n) is 3.80. The summed E-state index contributed by atoms with van der Waals surface area (Å²) >= 11 is 0. The van der Waals surface area contributed by atoms with Crippen LogP contribution in [0.5, 0.6) is 5.75 Å². The number of rotatable bonds is 6. The van der Waals surface area contributed by atoms with Crippen LogP contribution in [-0.2, 0) is 6.61 Å². The fourth-order valence-corrected chi connectivity index (χ4v) is 3.80. The molecule has 0 bridgehead atoms. The van der Waals surface area contributed by atoms with E-state index in [0.717, 1.165) is 25.7 Å². The highest BCUT2D eigenvalue weighted by Crippen LogP contribution is 2.39. The summed E-state index contributed by atoms with van der Waals surface area (Å²) in [5.74, 6) is -1.86. The third kappa shape index (κ3) is 4.58. The molecule has 0 amide bonds. The first-order valence-electron chi connectivity index (χ1n) is 9.71. The lowest BCUT2D eigenvalue weighted by Gasteiger charge is -2.27. The summed E-state index contributed by atoms with van der Waals surface area (Å²) in [6.45, 7) is 1.83. The second-order valence-electron chi connectivity index (χ2n) is 7.20. The van der Waals surface area contributed by atoms with Crippen LogP contribution < -0.4 is 4.74 Å². The molecule has 0 unspecified atom stereocenters. The molecule has 0 aromatic heterocycles. The minimum Gasteiger partial charge on any atom is -0.491 e. The van der Waals surface area contributed by atoms with E-state index in [1.807, 2.05) is 6.08 Å². The van der Waals surface area contributed by atoms with E-state index in [9.17, 15) is 13.2 Å². The summed E-state index contributed by atoms with van der Waals surface area (Å²) in [5, 5.41) is 9.04. The lowest BCUT2D eigenvalue weighted by molar-refractivity contribution is 0.281. The van der Waals surface area contributed by atoms with Gasteiger partial charge in [-0.25, -0.2) is 8.78 Å². The molecule has 3 rings (SSSR count). The van der Waals surface area contributed by atoms with Crippen molar-refractivity contribution in [2.75, 3.05) is 6.61 Å². The number of allylic oxidation sites excluding steroid dienone is 1. The number of aliphatic hydroxyl groups is 1. The van der Waals surface area contributed by atoms with Gasteiger partial charge in [0, 0.05) is 5.56 Å².